The van der Waals surface area contributed by atoms with Crippen LogP contribution in [0.15, 0.2) is 12.2 Å². The van der Waals surface area contributed by atoms with Crippen LogP contribution in [0.1, 0.15) is 13.3 Å². The lowest BCUT2D eigenvalue weighted by Gasteiger charge is -2.37. The number of aliphatic hydroxyl groups excluding tert-OH is 1. The quantitative estimate of drug-likeness (QED) is 0.275. The average molecular weight is 177 g/mol. The Balaban J connectivity index is 2.85. The smallest absolute Gasteiger partial charge is 0.103 e. The first kappa shape index (κ1) is 9.00. The van der Waals surface area contributed by atoms with E-state index >= 15 is 0 Å². The summed E-state index contributed by atoms with van der Waals surface area (Å²) in [5, 5.41) is 9.27. The van der Waals surface area contributed by atoms with Crippen molar-refractivity contribution in [3.63, 3.8) is 0 Å². The molecule has 1 rings (SSSR count). The zero-order valence-corrected chi connectivity index (χ0v) is 7.17. The van der Waals surface area contributed by atoms with Crippen molar-refractivity contribution in [1.29, 1.82) is 0 Å². The molecule has 0 heterocycles. The zero-order chi connectivity index (χ0) is 8.70. The third-order valence-electron chi connectivity index (χ3n) is 1.83. The zero-order valence-electron chi connectivity index (χ0n) is 6.42. The number of allylic oxidation sites excluding steroid dienone is 1. The summed E-state index contributed by atoms with van der Waals surface area (Å²) in [5.41, 5.74) is 10.1. The Morgan fingerprint density at radius 3 is 2.55 bits per heavy atom. The molecule has 64 valence electrons. The standard InChI is InChI=1S/C7H13ClN2O/c1-6(8)3-2-5(11)7(9,10)4-6/h2-3,5,11H,4,9-10H2,1H3. The highest BCUT2D eigenvalue weighted by Gasteiger charge is 2.38. The normalized spacial score (nSPS) is 42.5. The lowest BCUT2D eigenvalue weighted by Crippen LogP contribution is -2.62. The molecule has 0 saturated carbocycles. The number of hydrogen-bond donors (Lipinski definition) is 3. The Kier molecular flexibility index (Phi) is 2.01. The third-order valence-corrected chi connectivity index (χ3v) is 2.09. The van der Waals surface area contributed by atoms with E-state index in [-0.39, 0.29) is 0 Å². The molecule has 4 heteroatoms. The van der Waals surface area contributed by atoms with Crippen molar-refractivity contribution in [3.05, 3.63) is 12.2 Å². The van der Waals surface area contributed by atoms with Gasteiger partial charge in [0, 0.05) is 6.42 Å². The van der Waals surface area contributed by atoms with Crippen molar-refractivity contribution in [2.24, 2.45) is 11.5 Å². The van der Waals surface area contributed by atoms with Crippen molar-refractivity contribution in [2.75, 3.05) is 0 Å². The molecule has 1 aliphatic rings. The summed E-state index contributed by atoms with van der Waals surface area (Å²) in [7, 11) is 0. The van der Waals surface area contributed by atoms with E-state index in [1.807, 2.05) is 6.92 Å². The van der Waals surface area contributed by atoms with E-state index in [1.165, 1.54) is 6.08 Å². The predicted molar refractivity (Wildman–Crippen MR) is 45.1 cm³/mol. The minimum atomic E-state index is -1.09. The fourth-order valence-corrected chi connectivity index (χ4v) is 1.54. The van der Waals surface area contributed by atoms with E-state index in [0.29, 0.717) is 6.42 Å². The van der Waals surface area contributed by atoms with Gasteiger partial charge >= 0.3 is 0 Å². The summed E-state index contributed by atoms with van der Waals surface area (Å²) < 4.78 is 0. The first-order chi connectivity index (χ1) is 4.83. The molecule has 0 amide bonds. The maximum absolute atomic E-state index is 9.27. The summed E-state index contributed by atoms with van der Waals surface area (Å²) in [6, 6.07) is 0. The van der Waals surface area contributed by atoms with Crippen molar-refractivity contribution in [2.45, 2.75) is 30.0 Å². The Morgan fingerprint density at radius 1 is 1.64 bits per heavy atom. The number of nitrogens with two attached hydrogens (primary N) is 2. The van der Waals surface area contributed by atoms with E-state index in [4.69, 9.17) is 23.1 Å². The second-order valence-electron chi connectivity index (χ2n) is 3.37. The van der Waals surface area contributed by atoms with Crippen LogP contribution in [0.3, 0.4) is 0 Å². The lowest BCUT2D eigenvalue weighted by molar-refractivity contribution is 0.110. The Hall–Kier alpha value is -0.0900. The number of rotatable bonds is 0. The topological polar surface area (TPSA) is 72.3 Å². The van der Waals surface area contributed by atoms with Gasteiger partial charge in [-0.15, -0.1) is 11.6 Å². The first-order valence-electron chi connectivity index (χ1n) is 3.48. The molecule has 0 aliphatic heterocycles. The van der Waals surface area contributed by atoms with Crippen LogP contribution in [0.5, 0.6) is 0 Å². The fraction of sp³-hybridized carbons (Fsp3) is 0.714. The van der Waals surface area contributed by atoms with Gasteiger partial charge in [-0.3, -0.25) is 0 Å². The van der Waals surface area contributed by atoms with E-state index < -0.39 is 16.6 Å². The fourth-order valence-electron chi connectivity index (χ4n) is 1.23. The molecule has 3 nitrogen and oxygen atoms in total. The number of hydrogen-bond acceptors (Lipinski definition) is 3. The summed E-state index contributed by atoms with van der Waals surface area (Å²) in [6.07, 6.45) is 2.83. The number of aliphatic hydroxyl groups is 1. The van der Waals surface area contributed by atoms with Crippen LogP contribution in [-0.2, 0) is 0 Å². The molecule has 1 aliphatic carbocycles. The second-order valence-corrected chi connectivity index (χ2v) is 4.23. The molecule has 5 N–H and O–H groups in total. The highest BCUT2D eigenvalue weighted by Crippen LogP contribution is 2.30. The maximum atomic E-state index is 9.27. The minimum absolute atomic E-state index is 0.374. The predicted octanol–water partition coefficient (Wildman–Crippen LogP) is -0.0816. The molecule has 0 saturated heterocycles. The molecular formula is C7H13ClN2O. The van der Waals surface area contributed by atoms with E-state index in [0.717, 1.165) is 0 Å². The molecule has 2 atom stereocenters. The summed E-state index contributed by atoms with van der Waals surface area (Å²) in [5.74, 6) is 0. The Morgan fingerprint density at radius 2 is 2.18 bits per heavy atom. The molecule has 0 aromatic heterocycles. The highest BCUT2D eigenvalue weighted by atomic mass is 35.5. The van der Waals surface area contributed by atoms with Gasteiger partial charge < -0.3 is 16.6 Å². The second kappa shape index (κ2) is 2.45. The van der Waals surface area contributed by atoms with Crippen LogP contribution in [-0.4, -0.2) is 21.7 Å². The van der Waals surface area contributed by atoms with Crippen LogP contribution >= 0.6 is 11.6 Å². The summed E-state index contributed by atoms with van der Waals surface area (Å²) >= 11 is 5.96. The summed E-state index contributed by atoms with van der Waals surface area (Å²) in [4.78, 5) is -0.525. The molecular weight excluding hydrogens is 164 g/mol. The molecule has 0 aromatic rings. The molecule has 0 bridgehead atoms. The molecule has 0 aromatic carbocycles. The lowest BCUT2D eigenvalue weighted by atomic mass is 9.86. The SMILES string of the molecule is CC1(Cl)C=CC(O)C(N)(N)C1. The van der Waals surface area contributed by atoms with Crippen molar-refractivity contribution >= 4 is 11.6 Å². The van der Waals surface area contributed by atoms with E-state index in [9.17, 15) is 5.11 Å². The Bertz CT molecular complexity index is 189. The van der Waals surface area contributed by atoms with Crippen molar-refractivity contribution in [1.82, 2.24) is 0 Å². The third kappa shape index (κ3) is 1.93. The largest absolute Gasteiger partial charge is 0.386 e. The van der Waals surface area contributed by atoms with Crippen LogP contribution in [0.25, 0.3) is 0 Å². The number of alkyl halides is 1. The Labute approximate surface area is 71.0 Å². The minimum Gasteiger partial charge on any atom is -0.386 e. The van der Waals surface area contributed by atoms with Crippen molar-refractivity contribution < 1.29 is 5.11 Å². The maximum Gasteiger partial charge on any atom is 0.103 e. The monoisotopic (exact) mass is 176 g/mol. The van der Waals surface area contributed by atoms with Gasteiger partial charge in [0.25, 0.3) is 0 Å². The van der Waals surface area contributed by atoms with Gasteiger partial charge in [0.1, 0.15) is 6.10 Å². The molecule has 2 unspecified atom stereocenters. The number of halogens is 1. The average Bonchev–Trinajstić information content (AvgIpc) is 1.77. The molecule has 0 spiro atoms. The highest BCUT2D eigenvalue weighted by molar-refractivity contribution is 6.25. The van der Waals surface area contributed by atoms with Crippen LogP contribution in [0.2, 0.25) is 0 Å². The molecule has 0 fully saturated rings. The van der Waals surface area contributed by atoms with Gasteiger partial charge in [-0.25, -0.2) is 0 Å². The van der Waals surface area contributed by atoms with Gasteiger partial charge in [-0.1, -0.05) is 12.2 Å². The van der Waals surface area contributed by atoms with Gasteiger partial charge in [0.2, 0.25) is 0 Å². The van der Waals surface area contributed by atoms with Gasteiger partial charge in [0.15, 0.2) is 0 Å². The molecule has 11 heavy (non-hydrogen) atoms. The van der Waals surface area contributed by atoms with Crippen LogP contribution in [0, 0.1) is 0 Å². The van der Waals surface area contributed by atoms with Gasteiger partial charge in [0.05, 0.1) is 10.5 Å². The van der Waals surface area contributed by atoms with Gasteiger partial charge in [-0.2, -0.15) is 0 Å². The molecule has 0 radical (unpaired) electrons. The van der Waals surface area contributed by atoms with Crippen molar-refractivity contribution in [3.8, 4) is 0 Å². The van der Waals surface area contributed by atoms with Crippen LogP contribution < -0.4 is 11.5 Å². The first-order valence-corrected chi connectivity index (χ1v) is 3.85. The summed E-state index contributed by atoms with van der Waals surface area (Å²) in [6.45, 7) is 1.81. The van der Waals surface area contributed by atoms with Crippen LogP contribution in [0.4, 0.5) is 0 Å². The van der Waals surface area contributed by atoms with E-state index in [1.54, 1.807) is 6.08 Å². The van der Waals surface area contributed by atoms with E-state index in [2.05, 4.69) is 0 Å². The van der Waals surface area contributed by atoms with Gasteiger partial charge in [-0.05, 0) is 6.92 Å².